The molecule has 4 heteroatoms. The van der Waals surface area contributed by atoms with Gasteiger partial charge in [-0.1, -0.05) is 170 Å². The molecule has 0 amide bonds. The lowest BCUT2D eigenvalue weighted by Crippen LogP contribution is -2.61. The highest BCUT2D eigenvalue weighted by atomic mass is 15.2. The van der Waals surface area contributed by atoms with Crippen molar-refractivity contribution in [1.29, 1.82) is 0 Å². The number of nitrogens with zero attached hydrogens (tertiary/aromatic N) is 3. The summed E-state index contributed by atoms with van der Waals surface area (Å²) in [6.07, 6.45) is 0. The van der Waals surface area contributed by atoms with Crippen molar-refractivity contribution in [2.24, 2.45) is 0 Å². The van der Waals surface area contributed by atoms with Crippen molar-refractivity contribution in [2.75, 3.05) is 14.6 Å². The molecule has 3 nitrogen and oxygen atoms in total. The Balaban J connectivity index is 1.17. The predicted octanol–water partition coefficient (Wildman–Crippen LogP) is 15.2. The topological polar surface area (TPSA) is 9.72 Å². The van der Waals surface area contributed by atoms with Crippen molar-refractivity contribution in [3.05, 3.63) is 254 Å². The van der Waals surface area contributed by atoms with Crippen LogP contribution in [0.3, 0.4) is 0 Å². The molecule has 0 atom stereocenters. The third-order valence-electron chi connectivity index (χ3n) is 13.1. The zero-order valence-electron chi connectivity index (χ0n) is 36.1. The maximum atomic E-state index is 2.60. The van der Waals surface area contributed by atoms with E-state index in [9.17, 15) is 0 Å². The second-order valence-electron chi connectivity index (χ2n) is 17.0. The summed E-state index contributed by atoms with van der Waals surface area (Å²) in [7, 11) is 0. The van der Waals surface area contributed by atoms with Gasteiger partial charge in [0.25, 0.3) is 0 Å². The summed E-state index contributed by atoms with van der Waals surface area (Å²) in [5.74, 6) is 0. The molecule has 0 spiro atoms. The van der Waals surface area contributed by atoms with Crippen LogP contribution in [0.25, 0.3) is 44.5 Å². The van der Waals surface area contributed by atoms with Crippen LogP contribution in [0.2, 0.25) is 0 Å². The third kappa shape index (κ3) is 6.70. The van der Waals surface area contributed by atoms with E-state index in [2.05, 4.69) is 270 Å². The van der Waals surface area contributed by atoms with Crippen molar-refractivity contribution in [1.82, 2.24) is 0 Å². The quantitative estimate of drug-likeness (QED) is 0.141. The van der Waals surface area contributed by atoms with Crippen molar-refractivity contribution < 1.29 is 0 Å². The Bertz CT molecular complexity index is 3280. The number of anilines is 8. The monoisotopic (exact) mass is 829 g/mol. The van der Waals surface area contributed by atoms with Crippen molar-refractivity contribution in [3.63, 3.8) is 0 Å². The van der Waals surface area contributed by atoms with Crippen molar-refractivity contribution in [3.8, 4) is 44.5 Å². The largest absolute Gasteiger partial charge is 0.376 e. The zero-order chi connectivity index (χ0) is 43.3. The highest BCUT2D eigenvalue weighted by molar-refractivity contribution is 6.93. The number of hydrogen-bond acceptors (Lipinski definition) is 3. The van der Waals surface area contributed by atoms with Crippen LogP contribution in [0.15, 0.2) is 249 Å². The Labute approximate surface area is 381 Å². The summed E-state index contributed by atoms with van der Waals surface area (Å²) in [6.45, 7) is 2.10. The van der Waals surface area contributed by atoms with Gasteiger partial charge in [0.2, 0.25) is 0 Å². The molecule has 0 saturated carbocycles. The summed E-state index contributed by atoms with van der Waals surface area (Å²) in [6, 6.07) is 90.9. The first-order valence-electron chi connectivity index (χ1n) is 22.5. The molecule has 10 aromatic carbocycles. The first-order chi connectivity index (χ1) is 32.2. The third-order valence-corrected chi connectivity index (χ3v) is 13.1. The van der Waals surface area contributed by atoms with E-state index < -0.39 is 0 Å². The normalized spacial score (nSPS) is 12.3. The van der Waals surface area contributed by atoms with E-state index in [1.807, 2.05) is 0 Å². The second kappa shape index (κ2) is 16.1. The first kappa shape index (κ1) is 38.3. The zero-order valence-corrected chi connectivity index (χ0v) is 36.1. The SMILES string of the molecule is Cc1ccccc1N1c2cc(-c3ccccc3)ccc2B2c3c(cc(-c4ccccc4)cc31)-c1cc(N(c3ccccc3)c3ccccc3)ccc1N2c1ccc(-c2ccccc2)cc1. The lowest BCUT2D eigenvalue weighted by molar-refractivity contribution is 1.24. The first-order valence-corrected chi connectivity index (χ1v) is 22.5. The van der Waals surface area contributed by atoms with E-state index >= 15 is 0 Å². The Morgan fingerprint density at radius 2 is 0.846 bits per heavy atom. The van der Waals surface area contributed by atoms with Gasteiger partial charge in [0.1, 0.15) is 0 Å². The molecule has 0 aromatic heterocycles. The Morgan fingerprint density at radius 1 is 0.338 bits per heavy atom. The summed E-state index contributed by atoms with van der Waals surface area (Å²) in [5.41, 5.74) is 22.5. The van der Waals surface area contributed by atoms with E-state index in [1.54, 1.807) is 0 Å². The number of aryl methyl sites for hydroxylation is 1. The molecule has 306 valence electrons. The summed E-state index contributed by atoms with van der Waals surface area (Å²) >= 11 is 0. The smallest absolute Gasteiger partial charge is 0.333 e. The standard InChI is InChI=1S/C61H44BN3/c1-43-19-17-18-30-57(43)64-59-40-48(45-22-9-3-10-23-45)33-37-56(59)62-61-55(39-49(41-60(61)64)46-24-11-4-12-25-46)54-42-53(63(50-26-13-5-14-27-50)51-28-15-6-16-29-51)36-38-58(54)65(62)52-34-31-47(32-35-52)44-20-7-2-8-21-44/h2-42H,1H3. The van der Waals surface area contributed by atoms with Gasteiger partial charge in [0.05, 0.1) is 0 Å². The molecule has 0 aliphatic carbocycles. The fraction of sp³-hybridized carbons (Fsp3) is 0.0164. The van der Waals surface area contributed by atoms with Crippen molar-refractivity contribution in [2.45, 2.75) is 6.92 Å². The second-order valence-corrected chi connectivity index (χ2v) is 17.0. The van der Waals surface area contributed by atoms with Gasteiger partial charge in [-0.15, -0.1) is 0 Å². The molecule has 12 rings (SSSR count). The summed E-state index contributed by atoms with van der Waals surface area (Å²) < 4.78 is 0. The van der Waals surface area contributed by atoms with Gasteiger partial charge in [-0.2, -0.15) is 0 Å². The van der Waals surface area contributed by atoms with E-state index in [4.69, 9.17) is 0 Å². The Morgan fingerprint density at radius 3 is 1.46 bits per heavy atom. The Hall–Kier alpha value is -8.34. The summed E-state index contributed by atoms with van der Waals surface area (Å²) in [4.78, 5) is 7.52. The minimum absolute atomic E-state index is 0.134. The van der Waals surface area contributed by atoms with Crippen LogP contribution in [0.4, 0.5) is 45.5 Å². The molecule has 65 heavy (non-hydrogen) atoms. The van der Waals surface area contributed by atoms with Gasteiger partial charge in [-0.3, -0.25) is 0 Å². The molecular formula is C61H44BN3. The predicted molar refractivity (Wildman–Crippen MR) is 276 cm³/mol. The van der Waals surface area contributed by atoms with Gasteiger partial charge in [-0.05, 0) is 141 Å². The molecule has 2 aliphatic heterocycles. The van der Waals surface area contributed by atoms with Crippen molar-refractivity contribution >= 4 is 63.3 Å². The van der Waals surface area contributed by atoms with Crippen LogP contribution in [0.1, 0.15) is 5.56 Å². The Kier molecular flexibility index (Phi) is 9.49. The maximum Gasteiger partial charge on any atom is 0.333 e. The van der Waals surface area contributed by atoms with Gasteiger partial charge in [-0.25, -0.2) is 0 Å². The van der Waals surface area contributed by atoms with E-state index in [1.165, 1.54) is 83.7 Å². The van der Waals surface area contributed by atoms with Crippen LogP contribution in [0, 0.1) is 6.92 Å². The van der Waals surface area contributed by atoms with Gasteiger partial charge < -0.3 is 14.6 Å². The van der Waals surface area contributed by atoms with Crippen LogP contribution >= 0.6 is 0 Å². The summed E-state index contributed by atoms with van der Waals surface area (Å²) in [5, 5.41) is 0. The average Bonchev–Trinajstić information content (AvgIpc) is 3.38. The maximum absolute atomic E-state index is 2.60. The number of rotatable bonds is 8. The van der Waals surface area contributed by atoms with Gasteiger partial charge in [0, 0.05) is 51.1 Å². The molecular weight excluding hydrogens is 786 g/mol. The lowest BCUT2D eigenvalue weighted by Gasteiger charge is -2.46. The minimum Gasteiger partial charge on any atom is -0.376 e. The number of para-hydroxylation sites is 3. The molecule has 2 heterocycles. The average molecular weight is 830 g/mol. The van der Waals surface area contributed by atoms with E-state index in [0.717, 1.165) is 22.7 Å². The van der Waals surface area contributed by atoms with Crippen LogP contribution in [0.5, 0.6) is 0 Å². The lowest BCUT2D eigenvalue weighted by atomic mass is 9.43. The minimum atomic E-state index is -0.134. The molecule has 0 unspecified atom stereocenters. The molecule has 0 fully saturated rings. The van der Waals surface area contributed by atoms with Gasteiger partial charge in [0.15, 0.2) is 0 Å². The molecule has 2 aliphatic rings. The fourth-order valence-electron chi connectivity index (χ4n) is 10.1. The highest BCUT2D eigenvalue weighted by Gasteiger charge is 2.45. The molecule has 0 N–H and O–H groups in total. The molecule has 0 bridgehead atoms. The van der Waals surface area contributed by atoms with Crippen LogP contribution in [-0.2, 0) is 0 Å². The number of benzene rings is 10. The van der Waals surface area contributed by atoms with E-state index in [-0.39, 0.29) is 6.85 Å². The molecule has 0 radical (unpaired) electrons. The van der Waals surface area contributed by atoms with E-state index in [0.29, 0.717) is 0 Å². The molecule has 10 aromatic rings. The number of fused-ring (bicyclic) bond motifs is 4. The highest BCUT2D eigenvalue weighted by Crippen LogP contribution is 2.50. The number of hydrogen-bond donors (Lipinski definition) is 0. The van der Waals surface area contributed by atoms with Crippen LogP contribution < -0.4 is 25.5 Å². The fourth-order valence-corrected chi connectivity index (χ4v) is 10.1. The van der Waals surface area contributed by atoms with Gasteiger partial charge >= 0.3 is 6.85 Å². The molecule has 0 saturated heterocycles. The van der Waals surface area contributed by atoms with Crippen LogP contribution in [-0.4, -0.2) is 6.85 Å².